The smallest absolute Gasteiger partial charge is 0.137 e. The molecular weight excluding hydrogens is 180 g/mol. The van der Waals surface area contributed by atoms with E-state index in [2.05, 4.69) is 15.0 Å². The molecule has 1 N–H and O–H groups in total. The standard InChI is InChI=1S/C9H16N4O/c14-9-2-1-3-12(6-9)4-5-13-8-10-7-11-13/h7-9,14H,1-6H2/t9-/m0/s1. The zero-order chi connectivity index (χ0) is 9.80. The van der Waals surface area contributed by atoms with E-state index in [1.807, 2.05) is 4.68 Å². The lowest BCUT2D eigenvalue weighted by molar-refractivity contribution is 0.0684. The predicted molar refractivity (Wildman–Crippen MR) is 51.7 cm³/mol. The third kappa shape index (κ3) is 2.52. The van der Waals surface area contributed by atoms with E-state index in [1.165, 1.54) is 0 Å². The summed E-state index contributed by atoms with van der Waals surface area (Å²) in [7, 11) is 0. The fourth-order valence-electron chi connectivity index (χ4n) is 1.83. The van der Waals surface area contributed by atoms with Crippen LogP contribution >= 0.6 is 0 Å². The van der Waals surface area contributed by atoms with E-state index in [0.29, 0.717) is 0 Å². The Morgan fingerprint density at radius 1 is 1.43 bits per heavy atom. The summed E-state index contributed by atoms with van der Waals surface area (Å²) in [5.74, 6) is 0. The molecule has 1 atom stereocenters. The van der Waals surface area contributed by atoms with Gasteiger partial charge >= 0.3 is 0 Å². The monoisotopic (exact) mass is 196 g/mol. The summed E-state index contributed by atoms with van der Waals surface area (Å²) in [4.78, 5) is 6.16. The average Bonchev–Trinajstić information content (AvgIpc) is 2.67. The van der Waals surface area contributed by atoms with Crippen LogP contribution in [0.3, 0.4) is 0 Å². The Balaban J connectivity index is 1.75. The van der Waals surface area contributed by atoms with Gasteiger partial charge in [0.25, 0.3) is 0 Å². The van der Waals surface area contributed by atoms with E-state index in [9.17, 15) is 5.11 Å². The number of nitrogens with zero attached hydrogens (tertiary/aromatic N) is 4. The fraction of sp³-hybridized carbons (Fsp3) is 0.778. The molecule has 0 aromatic carbocycles. The first-order chi connectivity index (χ1) is 6.84. The Morgan fingerprint density at radius 2 is 2.36 bits per heavy atom. The van der Waals surface area contributed by atoms with E-state index in [4.69, 9.17) is 0 Å². The van der Waals surface area contributed by atoms with Crippen molar-refractivity contribution in [3.05, 3.63) is 12.7 Å². The van der Waals surface area contributed by atoms with Gasteiger partial charge in [-0.25, -0.2) is 4.98 Å². The number of rotatable bonds is 3. The third-order valence-corrected chi connectivity index (χ3v) is 2.59. The minimum absolute atomic E-state index is 0.139. The summed E-state index contributed by atoms with van der Waals surface area (Å²) in [5.41, 5.74) is 0. The molecule has 0 spiro atoms. The molecular formula is C9H16N4O. The number of aliphatic hydroxyl groups is 1. The van der Waals surface area contributed by atoms with Crippen LogP contribution in [-0.2, 0) is 6.54 Å². The molecule has 5 heteroatoms. The van der Waals surface area contributed by atoms with Gasteiger partial charge < -0.3 is 5.11 Å². The van der Waals surface area contributed by atoms with Crippen molar-refractivity contribution in [2.24, 2.45) is 0 Å². The maximum Gasteiger partial charge on any atom is 0.137 e. The van der Waals surface area contributed by atoms with Gasteiger partial charge in [0.2, 0.25) is 0 Å². The van der Waals surface area contributed by atoms with Crippen LogP contribution in [0.4, 0.5) is 0 Å². The molecule has 1 aromatic heterocycles. The number of aliphatic hydroxyl groups excluding tert-OH is 1. The van der Waals surface area contributed by atoms with Gasteiger partial charge in [-0.3, -0.25) is 9.58 Å². The Morgan fingerprint density at radius 3 is 3.07 bits per heavy atom. The second kappa shape index (κ2) is 4.52. The van der Waals surface area contributed by atoms with Crippen LogP contribution in [0.2, 0.25) is 0 Å². The highest BCUT2D eigenvalue weighted by Crippen LogP contribution is 2.09. The first kappa shape index (κ1) is 9.61. The molecule has 0 bridgehead atoms. The van der Waals surface area contributed by atoms with E-state index in [1.54, 1.807) is 12.7 Å². The maximum absolute atomic E-state index is 9.46. The van der Waals surface area contributed by atoms with Gasteiger partial charge in [0.05, 0.1) is 12.6 Å². The number of hydrogen-bond acceptors (Lipinski definition) is 4. The Labute approximate surface area is 83.4 Å². The van der Waals surface area contributed by atoms with Crippen molar-refractivity contribution in [3.8, 4) is 0 Å². The minimum Gasteiger partial charge on any atom is -0.392 e. The van der Waals surface area contributed by atoms with Crippen LogP contribution in [-0.4, -0.2) is 50.5 Å². The molecule has 0 aliphatic carbocycles. The molecule has 2 heterocycles. The van der Waals surface area contributed by atoms with Gasteiger partial charge in [-0.05, 0) is 19.4 Å². The summed E-state index contributed by atoms with van der Waals surface area (Å²) < 4.78 is 1.82. The molecule has 1 aliphatic heterocycles. The summed E-state index contributed by atoms with van der Waals surface area (Å²) in [6.45, 7) is 3.69. The first-order valence-corrected chi connectivity index (χ1v) is 5.07. The SMILES string of the molecule is O[C@H]1CCCN(CCn2cncn2)C1. The number of likely N-dealkylation sites (tertiary alicyclic amines) is 1. The number of piperidine rings is 1. The Kier molecular flexibility index (Phi) is 3.10. The molecule has 5 nitrogen and oxygen atoms in total. The molecule has 1 saturated heterocycles. The van der Waals surface area contributed by atoms with E-state index in [-0.39, 0.29) is 6.10 Å². The summed E-state index contributed by atoms with van der Waals surface area (Å²) >= 11 is 0. The van der Waals surface area contributed by atoms with Crippen molar-refractivity contribution in [2.75, 3.05) is 19.6 Å². The van der Waals surface area contributed by atoms with Crippen molar-refractivity contribution in [1.29, 1.82) is 0 Å². The number of hydrogen-bond donors (Lipinski definition) is 1. The Hall–Kier alpha value is -0.940. The van der Waals surface area contributed by atoms with Crippen LogP contribution in [0, 0.1) is 0 Å². The minimum atomic E-state index is -0.139. The lowest BCUT2D eigenvalue weighted by Gasteiger charge is -2.29. The molecule has 0 radical (unpaired) electrons. The lowest BCUT2D eigenvalue weighted by atomic mass is 10.1. The second-order valence-corrected chi connectivity index (χ2v) is 3.76. The topological polar surface area (TPSA) is 54.2 Å². The molecule has 14 heavy (non-hydrogen) atoms. The maximum atomic E-state index is 9.46. The number of aromatic nitrogens is 3. The summed E-state index contributed by atoms with van der Waals surface area (Å²) in [6.07, 6.45) is 5.17. The van der Waals surface area contributed by atoms with Crippen LogP contribution in [0.1, 0.15) is 12.8 Å². The van der Waals surface area contributed by atoms with Gasteiger partial charge in [0, 0.05) is 13.1 Å². The van der Waals surface area contributed by atoms with Gasteiger partial charge in [0.15, 0.2) is 0 Å². The van der Waals surface area contributed by atoms with Crippen LogP contribution in [0.5, 0.6) is 0 Å². The number of β-amino-alcohol motifs (C(OH)–C–C–N with tert-alkyl or cyclic N) is 1. The van der Waals surface area contributed by atoms with Crippen molar-refractivity contribution in [1.82, 2.24) is 19.7 Å². The lowest BCUT2D eigenvalue weighted by Crippen LogP contribution is -2.39. The highest BCUT2D eigenvalue weighted by molar-refractivity contribution is 4.71. The van der Waals surface area contributed by atoms with Crippen molar-refractivity contribution >= 4 is 0 Å². The molecule has 1 aromatic rings. The quantitative estimate of drug-likeness (QED) is 0.723. The highest BCUT2D eigenvalue weighted by atomic mass is 16.3. The average molecular weight is 196 g/mol. The molecule has 78 valence electrons. The normalized spacial score (nSPS) is 23.9. The molecule has 0 saturated carbocycles. The highest BCUT2D eigenvalue weighted by Gasteiger charge is 2.16. The first-order valence-electron chi connectivity index (χ1n) is 5.07. The van der Waals surface area contributed by atoms with Crippen molar-refractivity contribution < 1.29 is 5.11 Å². The van der Waals surface area contributed by atoms with Gasteiger partial charge in [-0.15, -0.1) is 0 Å². The molecule has 0 unspecified atom stereocenters. The summed E-state index contributed by atoms with van der Waals surface area (Å²) in [5, 5.41) is 13.5. The zero-order valence-corrected chi connectivity index (χ0v) is 8.21. The van der Waals surface area contributed by atoms with Crippen LogP contribution < -0.4 is 0 Å². The van der Waals surface area contributed by atoms with Gasteiger partial charge in [-0.2, -0.15) is 5.10 Å². The fourth-order valence-corrected chi connectivity index (χ4v) is 1.83. The van der Waals surface area contributed by atoms with E-state index >= 15 is 0 Å². The summed E-state index contributed by atoms with van der Waals surface area (Å²) in [6, 6.07) is 0. The largest absolute Gasteiger partial charge is 0.392 e. The van der Waals surface area contributed by atoms with E-state index in [0.717, 1.165) is 39.0 Å². The second-order valence-electron chi connectivity index (χ2n) is 3.76. The molecule has 1 aliphatic rings. The van der Waals surface area contributed by atoms with Gasteiger partial charge in [-0.1, -0.05) is 0 Å². The zero-order valence-electron chi connectivity index (χ0n) is 8.21. The van der Waals surface area contributed by atoms with Crippen molar-refractivity contribution in [2.45, 2.75) is 25.5 Å². The third-order valence-electron chi connectivity index (χ3n) is 2.59. The van der Waals surface area contributed by atoms with Crippen LogP contribution in [0.15, 0.2) is 12.7 Å². The predicted octanol–water partition coefficient (Wildman–Crippen LogP) is -0.265. The molecule has 2 rings (SSSR count). The van der Waals surface area contributed by atoms with Crippen molar-refractivity contribution in [3.63, 3.8) is 0 Å². The molecule has 1 fully saturated rings. The molecule has 0 amide bonds. The van der Waals surface area contributed by atoms with E-state index < -0.39 is 0 Å². The van der Waals surface area contributed by atoms with Crippen LogP contribution in [0.25, 0.3) is 0 Å². The van der Waals surface area contributed by atoms with Gasteiger partial charge in [0.1, 0.15) is 12.7 Å². The Bertz CT molecular complexity index is 262.